The number of pyridine rings is 1. The summed E-state index contributed by atoms with van der Waals surface area (Å²) >= 11 is 0. The quantitative estimate of drug-likeness (QED) is 0.861. The summed E-state index contributed by atoms with van der Waals surface area (Å²) in [6.07, 6.45) is 8.42. The fourth-order valence-corrected chi connectivity index (χ4v) is 4.01. The molecule has 0 amide bonds. The van der Waals surface area contributed by atoms with Gasteiger partial charge in [0.25, 0.3) is 5.56 Å². The molecule has 6 heteroatoms. The number of aromatic nitrogens is 3. The molecule has 0 atom stereocenters. The maximum absolute atomic E-state index is 13.2. The molecule has 1 aliphatic heterocycles. The van der Waals surface area contributed by atoms with E-state index in [0.29, 0.717) is 30.7 Å². The van der Waals surface area contributed by atoms with Crippen molar-refractivity contribution in [2.45, 2.75) is 51.6 Å². The molecule has 0 bridgehead atoms. The van der Waals surface area contributed by atoms with E-state index in [0.717, 1.165) is 32.1 Å². The summed E-state index contributed by atoms with van der Waals surface area (Å²) in [5.41, 5.74) is 0.196. The second-order valence-corrected chi connectivity index (χ2v) is 7.22. The zero-order chi connectivity index (χ0) is 16.7. The molecule has 0 unspecified atom stereocenters. The van der Waals surface area contributed by atoms with Crippen molar-refractivity contribution in [1.29, 1.82) is 0 Å². The summed E-state index contributed by atoms with van der Waals surface area (Å²) in [5, 5.41) is 0.586. The predicted octanol–water partition coefficient (Wildman–Crippen LogP) is 2.10. The normalized spacial score (nSPS) is 20.4. The maximum atomic E-state index is 13.2. The van der Waals surface area contributed by atoms with Crippen LogP contribution in [0.5, 0.6) is 0 Å². The van der Waals surface area contributed by atoms with Crippen LogP contribution in [0.1, 0.15) is 45.1 Å². The van der Waals surface area contributed by atoms with Crippen molar-refractivity contribution in [2.24, 2.45) is 5.41 Å². The van der Waals surface area contributed by atoms with Crippen molar-refractivity contribution < 1.29 is 4.74 Å². The van der Waals surface area contributed by atoms with E-state index in [1.807, 2.05) is 4.57 Å². The first kappa shape index (κ1) is 15.6. The second-order valence-electron chi connectivity index (χ2n) is 7.22. The molecule has 0 radical (unpaired) electrons. The molecule has 2 fully saturated rings. The predicted molar refractivity (Wildman–Crippen MR) is 91.3 cm³/mol. The fraction of sp³-hybridized carbons (Fsp3) is 0.611. The van der Waals surface area contributed by atoms with Crippen molar-refractivity contribution >= 4 is 10.9 Å². The molecule has 2 aromatic heterocycles. The Morgan fingerprint density at radius 1 is 1.29 bits per heavy atom. The third kappa shape index (κ3) is 2.32. The molecule has 3 heterocycles. The molecule has 128 valence electrons. The monoisotopic (exact) mass is 329 g/mol. The molecule has 0 aromatic carbocycles. The maximum Gasteiger partial charge on any atom is 0.331 e. The molecule has 24 heavy (non-hydrogen) atoms. The number of ether oxygens (including phenoxy) is 1. The van der Waals surface area contributed by atoms with Crippen molar-refractivity contribution in [2.75, 3.05) is 13.2 Å². The summed E-state index contributed by atoms with van der Waals surface area (Å²) in [5.74, 6) is 0. The lowest BCUT2D eigenvalue weighted by Gasteiger charge is -2.41. The van der Waals surface area contributed by atoms with Gasteiger partial charge in [0.2, 0.25) is 0 Å². The standard InChI is InChI=1S/C18H23N3O3/c1-2-18(11-24-12-18)10-20-16(22)14-7-8-19-9-15(14)21(17(20)23)13-5-3-4-6-13/h7-9,13H,2-6,10-12H2,1H3. The van der Waals surface area contributed by atoms with Crippen LogP contribution in [0.3, 0.4) is 0 Å². The summed E-state index contributed by atoms with van der Waals surface area (Å²) in [4.78, 5) is 30.3. The van der Waals surface area contributed by atoms with Gasteiger partial charge in [-0.05, 0) is 25.3 Å². The lowest BCUT2D eigenvalue weighted by Crippen LogP contribution is -2.51. The van der Waals surface area contributed by atoms with Crippen molar-refractivity contribution in [3.05, 3.63) is 39.3 Å². The highest BCUT2D eigenvalue weighted by atomic mass is 16.5. The first-order valence-corrected chi connectivity index (χ1v) is 8.82. The van der Waals surface area contributed by atoms with Gasteiger partial charge in [0.1, 0.15) is 0 Å². The molecule has 0 spiro atoms. The van der Waals surface area contributed by atoms with Gasteiger partial charge in [0, 0.05) is 24.2 Å². The molecule has 1 saturated heterocycles. The Bertz CT molecular complexity index is 868. The average molecular weight is 329 g/mol. The minimum atomic E-state index is -0.202. The summed E-state index contributed by atoms with van der Waals surface area (Å²) in [7, 11) is 0. The largest absolute Gasteiger partial charge is 0.380 e. The highest BCUT2D eigenvalue weighted by Gasteiger charge is 2.38. The van der Waals surface area contributed by atoms with Crippen LogP contribution in [0.4, 0.5) is 0 Å². The van der Waals surface area contributed by atoms with Crippen molar-refractivity contribution in [3.8, 4) is 0 Å². The van der Waals surface area contributed by atoms with E-state index in [2.05, 4.69) is 11.9 Å². The van der Waals surface area contributed by atoms with Crippen LogP contribution in [-0.4, -0.2) is 27.3 Å². The molecule has 2 aliphatic rings. The number of fused-ring (bicyclic) bond motifs is 1. The Balaban J connectivity index is 1.93. The van der Waals surface area contributed by atoms with Gasteiger partial charge in [-0.3, -0.25) is 18.9 Å². The highest BCUT2D eigenvalue weighted by molar-refractivity contribution is 5.76. The molecule has 1 saturated carbocycles. The van der Waals surface area contributed by atoms with Crippen LogP contribution in [0.25, 0.3) is 10.9 Å². The van der Waals surface area contributed by atoms with Crippen LogP contribution < -0.4 is 11.2 Å². The molecule has 4 rings (SSSR count). The van der Waals surface area contributed by atoms with Crippen LogP contribution in [-0.2, 0) is 11.3 Å². The van der Waals surface area contributed by atoms with E-state index >= 15 is 0 Å². The number of nitrogens with zero attached hydrogens (tertiary/aromatic N) is 3. The topological polar surface area (TPSA) is 66.1 Å². The molecule has 6 nitrogen and oxygen atoms in total. The Hall–Kier alpha value is -1.95. The molecule has 0 N–H and O–H groups in total. The summed E-state index contributed by atoms with van der Waals surface area (Å²) < 4.78 is 8.62. The lowest BCUT2D eigenvalue weighted by molar-refractivity contribution is -0.124. The highest BCUT2D eigenvalue weighted by Crippen LogP contribution is 2.33. The second kappa shape index (κ2) is 5.84. The van der Waals surface area contributed by atoms with Gasteiger partial charge in [0.05, 0.1) is 30.3 Å². The minimum Gasteiger partial charge on any atom is -0.380 e. The van der Waals surface area contributed by atoms with Gasteiger partial charge < -0.3 is 4.74 Å². The Labute approximate surface area is 140 Å². The molecule has 1 aliphatic carbocycles. The van der Waals surface area contributed by atoms with Crippen LogP contribution >= 0.6 is 0 Å². The van der Waals surface area contributed by atoms with E-state index in [4.69, 9.17) is 4.74 Å². The zero-order valence-electron chi connectivity index (χ0n) is 14.0. The third-order valence-corrected chi connectivity index (χ3v) is 5.72. The van der Waals surface area contributed by atoms with Gasteiger partial charge in [-0.15, -0.1) is 0 Å². The van der Waals surface area contributed by atoms with E-state index in [-0.39, 0.29) is 22.7 Å². The van der Waals surface area contributed by atoms with Crippen LogP contribution in [0, 0.1) is 5.41 Å². The Morgan fingerprint density at radius 2 is 2.04 bits per heavy atom. The van der Waals surface area contributed by atoms with Gasteiger partial charge in [0.15, 0.2) is 0 Å². The number of hydrogen-bond acceptors (Lipinski definition) is 4. The van der Waals surface area contributed by atoms with Gasteiger partial charge in [-0.1, -0.05) is 19.8 Å². The van der Waals surface area contributed by atoms with Crippen LogP contribution in [0.2, 0.25) is 0 Å². The van der Waals surface area contributed by atoms with E-state index in [1.165, 1.54) is 4.57 Å². The average Bonchev–Trinajstić information content (AvgIpc) is 3.08. The fourth-order valence-electron chi connectivity index (χ4n) is 4.01. The molecular formula is C18H23N3O3. The minimum absolute atomic E-state index is 0.0861. The smallest absolute Gasteiger partial charge is 0.331 e. The van der Waals surface area contributed by atoms with Gasteiger partial charge in [-0.25, -0.2) is 4.79 Å². The van der Waals surface area contributed by atoms with Gasteiger partial charge >= 0.3 is 5.69 Å². The van der Waals surface area contributed by atoms with Gasteiger partial charge in [-0.2, -0.15) is 0 Å². The Morgan fingerprint density at radius 3 is 2.67 bits per heavy atom. The first-order chi connectivity index (χ1) is 11.7. The first-order valence-electron chi connectivity index (χ1n) is 8.82. The van der Waals surface area contributed by atoms with Crippen molar-refractivity contribution in [1.82, 2.24) is 14.1 Å². The molecular weight excluding hydrogens is 306 g/mol. The lowest BCUT2D eigenvalue weighted by atomic mass is 9.83. The third-order valence-electron chi connectivity index (χ3n) is 5.72. The number of hydrogen-bond donors (Lipinski definition) is 0. The number of rotatable bonds is 4. The van der Waals surface area contributed by atoms with E-state index in [9.17, 15) is 9.59 Å². The molecule has 2 aromatic rings. The van der Waals surface area contributed by atoms with E-state index in [1.54, 1.807) is 18.5 Å². The SMILES string of the molecule is CCC1(Cn2c(=O)c3ccncc3n(C3CCCC3)c2=O)COC1. The summed E-state index contributed by atoms with van der Waals surface area (Å²) in [6.45, 7) is 3.76. The van der Waals surface area contributed by atoms with E-state index < -0.39 is 0 Å². The van der Waals surface area contributed by atoms with Crippen LogP contribution in [0.15, 0.2) is 28.0 Å². The van der Waals surface area contributed by atoms with Crippen molar-refractivity contribution in [3.63, 3.8) is 0 Å². The Kier molecular flexibility index (Phi) is 3.79. The zero-order valence-corrected chi connectivity index (χ0v) is 14.0. The summed E-state index contributed by atoms with van der Waals surface area (Å²) in [6, 6.07) is 1.90.